The van der Waals surface area contributed by atoms with Gasteiger partial charge in [0.1, 0.15) is 18.1 Å². The zero-order chi connectivity index (χ0) is 38.8. The molecule has 0 spiro atoms. The number of carbonyl (C=O) groups excluding carboxylic acids is 3. The molecule has 0 bridgehead atoms. The maximum atomic E-state index is 13.7. The molecule has 5 aliphatic carbocycles. The van der Waals surface area contributed by atoms with Gasteiger partial charge >= 0.3 is 17.9 Å². The van der Waals surface area contributed by atoms with Crippen LogP contribution in [0.5, 0.6) is 5.75 Å². The number of ether oxygens (including phenoxy) is 1. The number of carbonyl (C=O) groups is 5. The fourth-order valence-electron chi connectivity index (χ4n) is 12.1. The first-order valence-corrected chi connectivity index (χ1v) is 19.1. The number of ketones is 1. The summed E-state index contributed by atoms with van der Waals surface area (Å²) in [6, 6.07) is 4.19. The molecule has 7 atom stereocenters. The molecule has 4 saturated carbocycles. The second-order valence-electron chi connectivity index (χ2n) is 18.4. The number of rotatable bonds is 8. The molecule has 53 heavy (non-hydrogen) atoms. The summed E-state index contributed by atoms with van der Waals surface area (Å²) in [5.74, 6) is -2.84. The molecule has 4 fully saturated rings. The SMILES string of the molecule is CC1(C)CCC2(C(=O)O)CC[C@]3(COC(=O)/C=C/c4cc(O)ccc4NC(=O)/C=C/C(=O)O)C(=CC[C@@H]4[C@@]5(C)CCC(=O)C(C)(C)[C@@H]5CC[C@]43C)[C@@H]2C1. The molecule has 0 radical (unpaired) electrons. The number of carboxylic acids is 2. The number of anilines is 1. The number of carboxylic acid groups (broad SMARTS) is 2. The first kappa shape index (κ1) is 38.5. The number of esters is 1. The Kier molecular flexibility index (Phi) is 9.64. The van der Waals surface area contributed by atoms with Crippen LogP contribution in [-0.2, 0) is 28.7 Å². The molecule has 0 aromatic heterocycles. The number of nitrogens with one attached hydrogen (secondary N) is 1. The van der Waals surface area contributed by atoms with Gasteiger partial charge in [0.25, 0.3) is 0 Å². The van der Waals surface area contributed by atoms with Gasteiger partial charge < -0.3 is 25.4 Å². The highest BCUT2D eigenvalue weighted by Crippen LogP contribution is 2.75. The average molecular weight is 730 g/mol. The molecule has 1 aromatic rings. The zero-order valence-corrected chi connectivity index (χ0v) is 31.9. The van der Waals surface area contributed by atoms with E-state index in [1.807, 2.05) is 0 Å². The summed E-state index contributed by atoms with van der Waals surface area (Å²) in [6.07, 6.45) is 13.8. The molecule has 0 heterocycles. The van der Waals surface area contributed by atoms with Gasteiger partial charge in [0.15, 0.2) is 0 Å². The van der Waals surface area contributed by atoms with E-state index in [1.54, 1.807) is 0 Å². The van der Waals surface area contributed by atoms with Crippen molar-refractivity contribution < 1.29 is 44.0 Å². The molecule has 286 valence electrons. The quantitative estimate of drug-likeness (QED) is 0.0898. The molecule has 1 unspecified atom stereocenters. The highest BCUT2D eigenvalue weighted by atomic mass is 16.5. The van der Waals surface area contributed by atoms with Crippen LogP contribution < -0.4 is 5.32 Å². The number of hydrogen-bond donors (Lipinski definition) is 4. The maximum absolute atomic E-state index is 13.7. The molecule has 1 amide bonds. The van der Waals surface area contributed by atoms with Gasteiger partial charge in [-0.2, -0.15) is 0 Å². The Morgan fingerprint density at radius 2 is 1.62 bits per heavy atom. The van der Waals surface area contributed by atoms with Crippen LogP contribution in [0.3, 0.4) is 0 Å². The molecule has 4 N–H and O–H groups in total. The lowest BCUT2D eigenvalue weighted by Crippen LogP contribution is -2.66. The van der Waals surface area contributed by atoms with Crippen molar-refractivity contribution in [3.63, 3.8) is 0 Å². The van der Waals surface area contributed by atoms with Crippen LogP contribution in [0, 0.1) is 50.2 Å². The largest absolute Gasteiger partial charge is 0.508 e. The lowest BCUT2D eigenvalue weighted by molar-refractivity contribution is -0.202. The Labute approximate surface area is 312 Å². The van der Waals surface area contributed by atoms with E-state index in [-0.39, 0.29) is 52.0 Å². The topological polar surface area (TPSA) is 167 Å². The summed E-state index contributed by atoms with van der Waals surface area (Å²) >= 11 is 0. The highest BCUT2D eigenvalue weighted by molar-refractivity contribution is 6.03. The molecule has 5 aliphatic rings. The average Bonchev–Trinajstić information content (AvgIpc) is 3.08. The third kappa shape index (κ3) is 6.33. The van der Waals surface area contributed by atoms with Crippen LogP contribution in [0.25, 0.3) is 6.08 Å². The summed E-state index contributed by atoms with van der Waals surface area (Å²) < 4.78 is 6.25. The van der Waals surface area contributed by atoms with Gasteiger partial charge in [0.05, 0.1) is 5.41 Å². The lowest BCUT2D eigenvalue weighted by Gasteiger charge is -2.70. The summed E-state index contributed by atoms with van der Waals surface area (Å²) in [7, 11) is 0. The van der Waals surface area contributed by atoms with E-state index in [4.69, 9.17) is 9.84 Å². The third-order valence-corrected chi connectivity index (χ3v) is 15.0. The van der Waals surface area contributed by atoms with Crippen molar-refractivity contribution in [2.24, 2.45) is 50.2 Å². The number of allylic oxidation sites excluding steroid dienone is 1. The summed E-state index contributed by atoms with van der Waals surface area (Å²) in [4.78, 5) is 63.4. The Hall–Kier alpha value is -4.21. The van der Waals surface area contributed by atoms with Crippen molar-refractivity contribution in [2.45, 2.75) is 106 Å². The van der Waals surface area contributed by atoms with Crippen LogP contribution in [-0.4, -0.2) is 51.5 Å². The van der Waals surface area contributed by atoms with Crippen molar-refractivity contribution in [2.75, 3.05) is 11.9 Å². The Balaban J connectivity index is 1.36. The number of phenols is 1. The fourth-order valence-corrected chi connectivity index (χ4v) is 12.1. The van der Waals surface area contributed by atoms with Crippen LogP contribution in [0.15, 0.2) is 48.1 Å². The van der Waals surface area contributed by atoms with Crippen LogP contribution >= 0.6 is 0 Å². The van der Waals surface area contributed by atoms with Crippen LogP contribution in [0.4, 0.5) is 5.69 Å². The van der Waals surface area contributed by atoms with Crippen molar-refractivity contribution in [1.82, 2.24) is 0 Å². The van der Waals surface area contributed by atoms with Crippen LogP contribution in [0.2, 0.25) is 0 Å². The van der Waals surface area contributed by atoms with Crippen molar-refractivity contribution in [3.05, 3.63) is 53.6 Å². The third-order valence-electron chi connectivity index (χ3n) is 15.0. The normalized spacial score (nSPS) is 35.6. The molecular formula is C43H55NO9. The van der Waals surface area contributed by atoms with E-state index >= 15 is 0 Å². The number of phenolic OH excluding ortho intramolecular Hbond substituents is 1. The zero-order valence-electron chi connectivity index (χ0n) is 31.9. The maximum Gasteiger partial charge on any atom is 0.330 e. The number of amides is 1. The minimum absolute atomic E-state index is 0.0418. The summed E-state index contributed by atoms with van der Waals surface area (Å²) in [6.45, 7) is 13.5. The molecule has 0 saturated heterocycles. The van der Waals surface area contributed by atoms with Gasteiger partial charge in [0, 0.05) is 46.7 Å². The minimum Gasteiger partial charge on any atom is -0.508 e. The lowest BCUT2D eigenvalue weighted by atomic mass is 9.33. The van der Waals surface area contributed by atoms with Gasteiger partial charge in [-0.15, -0.1) is 0 Å². The number of aliphatic carboxylic acids is 2. The molecule has 6 rings (SSSR count). The van der Waals surface area contributed by atoms with Crippen molar-refractivity contribution in [3.8, 4) is 5.75 Å². The Morgan fingerprint density at radius 1 is 0.906 bits per heavy atom. The minimum atomic E-state index is -1.28. The predicted octanol–water partition coefficient (Wildman–Crippen LogP) is 7.96. The molecule has 0 aliphatic heterocycles. The molecule has 10 heteroatoms. The second-order valence-corrected chi connectivity index (χ2v) is 18.4. The van der Waals surface area contributed by atoms with E-state index < -0.39 is 40.1 Å². The van der Waals surface area contributed by atoms with Crippen LogP contribution in [0.1, 0.15) is 111 Å². The number of hydrogen-bond acceptors (Lipinski definition) is 7. The predicted molar refractivity (Wildman–Crippen MR) is 200 cm³/mol. The first-order valence-electron chi connectivity index (χ1n) is 19.1. The smallest absolute Gasteiger partial charge is 0.330 e. The molecule has 1 aromatic carbocycles. The Morgan fingerprint density at radius 3 is 2.32 bits per heavy atom. The van der Waals surface area contributed by atoms with Gasteiger partial charge in [-0.25, -0.2) is 9.59 Å². The number of benzene rings is 1. The van der Waals surface area contributed by atoms with Gasteiger partial charge in [0.2, 0.25) is 5.91 Å². The Bertz CT molecular complexity index is 1820. The van der Waals surface area contributed by atoms with E-state index in [0.717, 1.165) is 50.2 Å². The van der Waals surface area contributed by atoms with E-state index in [0.29, 0.717) is 43.1 Å². The summed E-state index contributed by atoms with van der Waals surface area (Å²) in [5, 5.41) is 32.5. The van der Waals surface area contributed by atoms with E-state index in [1.165, 1.54) is 30.4 Å². The monoisotopic (exact) mass is 729 g/mol. The highest BCUT2D eigenvalue weighted by Gasteiger charge is 2.71. The van der Waals surface area contributed by atoms with Gasteiger partial charge in [-0.05, 0) is 116 Å². The summed E-state index contributed by atoms with van der Waals surface area (Å²) in [5.41, 5.74) is -0.670. The number of aromatic hydroxyl groups is 1. The second kappa shape index (κ2) is 13.3. The fraction of sp³-hybridized carbons (Fsp3) is 0.605. The number of fused-ring (bicyclic) bond motifs is 7. The van der Waals surface area contributed by atoms with Gasteiger partial charge in [-0.1, -0.05) is 53.2 Å². The van der Waals surface area contributed by atoms with E-state index in [2.05, 4.69) is 52.9 Å². The van der Waals surface area contributed by atoms with Crippen molar-refractivity contribution >= 4 is 41.4 Å². The standard InChI is InChI=1S/C43H55NO9/c1-38(2)19-20-42(37(51)52)21-22-43(25-53-36(50)14-7-26-23-27(45)8-10-30(26)44-34(47)12-13-35(48)49)28(29(42)24-38)9-11-32-40(5)17-16-33(46)39(3,4)31(40)15-18-41(32,43)6/h7-10,12-14,23,29,31-32,45H,11,15-22,24-25H2,1-6H3,(H,44,47)(H,48,49)(H,51,52)/b13-12+,14-7+/t29-,31-,32+,40-,41+,42?,43-/m0/s1. The molecule has 10 nitrogen and oxygen atoms in total. The number of Topliss-reactive ketones (excluding diaryl/α,β-unsaturated/α-hetero) is 1. The van der Waals surface area contributed by atoms with Crippen molar-refractivity contribution in [1.29, 1.82) is 0 Å². The van der Waals surface area contributed by atoms with E-state index in [9.17, 15) is 34.2 Å². The van der Waals surface area contributed by atoms with Gasteiger partial charge in [-0.3, -0.25) is 14.4 Å². The first-order chi connectivity index (χ1) is 24.7. The molecular weight excluding hydrogens is 674 g/mol.